The lowest BCUT2D eigenvalue weighted by Crippen LogP contribution is -2.41. The summed E-state index contributed by atoms with van der Waals surface area (Å²) in [6, 6.07) is 66.4. The molecule has 0 radical (unpaired) electrons. The highest BCUT2D eigenvalue weighted by Crippen LogP contribution is 2.47. The summed E-state index contributed by atoms with van der Waals surface area (Å²) in [5.41, 5.74) is 20.4. The van der Waals surface area contributed by atoms with Gasteiger partial charge in [0.25, 0.3) is 0 Å². The molecule has 3 aliphatic rings. The van der Waals surface area contributed by atoms with E-state index in [2.05, 4.69) is 327 Å². The molecule has 0 amide bonds. The van der Waals surface area contributed by atoms with E-state index >= 15 is 0 Å². The molecule has 6 heterocycles. The molecule has 0 atom stereocenters. The molecule has 10 aromatic rings. The van der Waals surface area contributed by atoms with Crippen LogP contribution in [0.2, 0.25) is 0 Å². The third kappa shape index (κ3) is 13.3. The van der Waals surface area contributed by atoms with Gasteiger partial charge in [-0.25, -0.2) is 0 Å². The van der Waals surface area contributed by atoms with E-state index in [1.807, 2.05) is 18.6 Å². The van der Waals surface area contributed by atoms with Gasteiger partial charge in [-0.05, 0) is 270 Å². The second-order valence-electron chi connectivity index (χ2n) is 33.6. The van der Waals surface area contributed by atoms with Gasteiger partial charge < -0.3 is 27.9 Å². The number of rotatable bonds is 12. The Hall–Kier alpha value is -8.06. The molecule has 13 rings (SSSR count). The Morgan fingerprint density at radius 1 is 0.242 bits per heavy atom. The third-order valence-corrected chi connectivity index (χ3v) is 22.0. The molecular formula is C87H96B3N3O6. The Kier molecular flexibility index (Phi) is 17.5. The van der Waals surface area contributed by atoms with Crippen molar-refractivity contribution in [1.82, 2.24) is 15.0 Å². The van der Waals surface area contributed by atoms with E-state index in [0.29, 0.717) is 0 Å². The van der Waals surface area contributed by atoms with Crippen molar-refractivity contribution < 1.29 is 27.9 Å². The average molecular weight is 1310 g/mol. The van der Waals surface area contributed by atoms with Crippen molar-refractivity contribution in [3.8, 4) is 101 Å². The number of pyridine rings is 3. The van der Waals surface area contributed by atoms with Crippen molar-refractivity contribution in [2.45, 2.75) is 195 Å². The topological polar surface area (TPSA) is 94.1 Å². The molecule has 0 spiro atoms. The minimum Gasteiger partial charge on any atom is -0.399 e. The lowest BCUT2D eigenvalue weighted by atomic mass is 9.72. The molecule has 0 saturated carbocycles. The molecule has 9 nitrogen and oxygen atoms in total. The molecule has 7 aromatic carbocycles. The summed E-state index contributed by atoms with van der Waals surface area (Å²) in [5, 5.41) is 0. The highest BCUT2D eigenvalue weighted by molar-refractivity contribution is 6.65. The van der Waals surface area contributed by atoms with Crippen LogP contribution in [0.15, 0.2) is 201 Å². The first-order valence-corrected chi connectivity index (χ1v) is 35.2. The number of hydrogen-bond donors (Lipinski definition) is 0. The maximum absolute atomic E-state index is 7.05. The van der Waals surface area contributed by atoms with Crippen LogP contribution in [0.4, 0.5) is 0 Å². The summed E-state index contributed by atoms with van der Waals surface area (Å²) in [7, 11) is -2.06. The van der Waals surface area contributed by atoms with E-state index in [1.165, 1.54) is 16.7 Å². The van der Waals surface area contributed by atoms with Gasteiger partial charge in [-0.1, -0.05) is 190 Å². The van der Waals surface area contributed by atoms with Crippen molar-refractivity contribution in [3.63, 3.8) is 0 Å². The molecule has 0 bridgehead atoms. The smallest absolute Gasteiger partial charge is 0.399 e. The van der Waals surface area contributed by atoms with E-state index in [1.54, 1.807) is 0 Å². The zero-order valence-electron chi connectivity index (χ0n) is 62.1. The van der Waals surface area contributed by atoms with Crippen molar-refractivity contribution in [2.75, 3.05) is 0 Å². The van der Waals surface area contributed by atoms with Gasteiger partial charge in [0.15, 0.2) is 0 Å². The van der Waals surface area contributed by atoms with Crippen LogP contribution in [0.5, 0.6) is 0 Å². The fourth-order valence-corrected chi connectivity index (χ4v) is 13.6. The van der Waals surface area contributed by atoms with Crippen molar-refractivity contribution in [1.29, 1.82) is 0 Å². The largest absolute Gasteiger partial charge is 0.495 e. The molecule has 504 valence electrons. The van der Waals surface area contributed by atoms with Gasteiger partial charge in [-0.15, -0.1) is 0 Å². The van der Waals surface area contributed by atoms with Crippen molar-refractivity contribution in [2.24, 2.45) is 0 Å². The van der Waals surface area contributed by atoms with Gasteiger partial charge in [-0.3, -0.25) is 15.0 Å². The fourth-order valence-electron chi connectivity index (χ4n) is 13.6. The SMILES string of the molecule is CC(C)(C)c1ccnc(-c2ccc(-c3ccccc3-c3cc(-c4ccccc4-c4ccc(-c5cc(C(C)(C)C)ccn5)cc4B4OC(C)(C)C(C)(C)O4)cc(-c4ccccc4-c4ccc(-c5cc(C(C)(C)C)ccn5)cc4B4OC(C)(C)C(C)(C)O4)c3)c(B3OC(C)(C)C(C)(C)O3)c2)c1. The molecule has 3 aromatic heterocycles. The fraction of sp³-hybridized carbons (Fsp3) is 0.345. The van der Waals surface area contributed by atoms with Gasteiger partial charge in [0.05, 0.1) is 50.7 Å². The first kappa shape index (κ1) is 69.4. The summed E-state index contributed by atoms with van der Waals surface area (Å²) in [6.45, 7) is 45.6. The van der Waals surface area contributed by atoms with Crippen LogP contribution >= 0.6 is 0 Å². The van der Waals surface area contributed by atoms with E-state index in [9.17, 15) is 0 Å². The summed E-state index contributed by atoms with van der Waals surface area (Å²) in [4.78, 5) is 14.9. The third-order valence-electron chi connectivity index (χ3n) is 22.0. The van der Waals surface area contributed by atoms with E-state index in [4.69, 9.17) is 42.9 Å². The zero-order valence-corrected chi connectivity index (χ0v) is 62.1. The second kappa shape index (κ2) is 24.9. The first-order valence-electron chi connectivity index (χ1n) is 35.2. The molecule has 3 aliphatic heterocycles. The highest BCUT2D eigenvalue weighted by Gasteiger charge is 2.55. The number of benzene rings is 7. The summed E-state index contributed by atoms with van der Waals surface area (Å²) < 4.78 is 42.3. The van der Waals surface area contributed by atoms with Crippen LogP contribution < -0.4 is 16.4 Å². The Morgan fingerprint density at radius 2 is 0.465 bits per heavy atom. The minimum atomic E-state index is -0.685. The zero-order chi connectivity index (χ0) is 70.8. The Morgan fingerprint density at radius 3 is 0.687 bits per heavy atom. The number of aromatic nitrogens is 3. The Bertz CT molecular complexity index is 4230. The molecule has 0 unspecified atom stereocenters. The normalized spacial score (nSPS) is 17.7. The van der Waals surface area contributed by atoms with Crippen LogP contribution in [-0.4, -0.2) is 69.9 Å². The predicted molar refractivity (Wildman–Crippen MR) is 412 cm³/mol. The molecule has 12 heteroatoms. The predicted octanol–water partition coefficient (Wildman–Crippen LogP) is 19.7. The summed E-state index contributed by atoms with van der Waals surface area (Å²) in [6.07, 6.45) is 5.76. The molecular weight excluding hydrogens is 1220 g/mol. The van der Waals surface area contributed by atoms with Crippen LogP contribution in [0, 0.1) is 0 Å². The van der Waals surface area contributed by atoms with Crippen LogP contribution in [0.25, 0.3) is 101 Å². The minimum absolute atomic E-state index is 0.0760. The lowest BCUT2D eigenvalue weighted by Gasteiger charge is -2.32. The number of nitrogens with zero attached hydrogens (tertiary/aromatic N) is 3. The van der Waals surface area contributed by atoms with Crippen LogP contribution in [-0.2, 0) is 44.2 Å². The van der Waals surface area contributed by atoms with Gasteiger partial charge in [0.1, 0.15) is 0 Å². The first-order chi connectivity index (χ1) is 46.4. The monoisotopic (exact) mass is 1310 g/mol. The summed E-state index contributed by atoms with van der Waals surface area (Å²) >= 11 is 0. The molecule has 0 aliphatic carbocycles. The Balaban J connectivity index is 1.05. The van der Waals surface area contributed by atoms with Crippen molar-refractivity contribution >= 4 is 37.7 Å². The van der Waals surface area contributed by atoms with Gasteiger partial charge in [-0.2, -0.15) is 0 Å². The van der Waals surface area contributed by atoms with Gasteiger partial charge >= 0.3 is 21.4 Å². The lowest BCUT2D eigenvalue weighted by molar-refractivity contribution is 0.00578. The van der Waals surface area contributed by atoms with Crippen LogP contribution in [0.3, 0.4) is 0 Å². The van der Waals surface area contributed by atoms with E-state index in [0.717, 1.165) is 117 Å². The molecule has 3 fully saturated rings. The molecule has 99 heavy (non-hydrogen) atoms. The quantitative estimate of drug-likeness (QED) is 0.111. The standard InChI is InChI=1S/C87H96B3N3O6/c1-79(2,3)61-40-43-91-76(52-61)55-34-37-70(73(49-55)88-94-82(10,11)83(12,13)95-88)67-31-25-22-28-64(67)58-46-59(65-29-23-26-32-68(65)71-38-35-56(77-53-62(41-44-92-77)80(4,5)6)50-74(71)89-96-84(14,15)85(16,17)97-89)48-60(47-58)66-30-24-27-33-69(66)72-39-36-57(78-54-63(42-45-93-78)81(7,8)9)51-75(72)90-98-86(18,19)87(20,21)99-90/h22-54H,1-21H3. The van der Waals surface area contributed by atoms with E-state index < -0.39 is 55.0 Å². The van der Waals surface area contributed by atoms with E-state index in [-0.39, 0.29) is 16.2 Å². The Labute approximate surface area is 590 Å². The van der Waals surface area contributed by atoms with Gasteiger partial charge in [0, 0.05) is 18.6 Å². The maximum atomic E-state index is 7.05. The molecule has 0 N–H and O–H groups in total. The average Bonchev–Trinajstić information content (AvgIpc) is 1.72. The van der Waals surface area contributed by atoms with Crippen molar-refractivity contribution in [3.05, 3.63) is 217 Å². The van der Waals surface area contributed by atoms with Gasteiger partial charge in [0.2, 0.25) is 0 Å². The number of hydrogen-bond acceptors (Lipinski definition) is 9. The second-order valence-corrected chi connectivity index (χ2v) is 33.6. The maximum Gasteiger partial charge on any atom is 0.495 e. The van der Waals surface area contributed by atoms with Crippen LogP contribution in [0.1, 0.15) is 162 Å². The highest BCUT2D eigenvalue weighted by atomic mass is 16.7. The summed E-state index contributed by atoms with van der Waals surface area (Å²) in [5.74, 6) is 0. The molecule has 3 saturated heterocycles.